The molecule has 3 nitrogen and oxygen atoms in total. The average molecular weight is 261 g/mol. The van der Waals surface area contributed by atoms with Crippen LogP contribution in [0.1, 0.15) is 30.9 Å². The Morgan fingerprint density at radius 2 is 2.00 bits per heavy atom. The van der Waals surface area contributed by atoms with Crippen molar-refractivity contribution in [1.29, 1.82) is 0 Å². The first-order valence-corrected chi connectivity index (χ1v) is 5.87. The van der Waals surface area contributed by atoms with Gasteiger partial charge in [-0.15, -0.1) is 0 Å². The van der Waals surface area contributed by atoms with Gasteiger partial charge in [-0.3, -0.25) is 0 Å². The number of halogens is 3. The molecule has 0 aromatic carbocycles. The van der Waals surface area contributed by atoms with Gasteiger partial charge in [-0.25, -0.2) is 9.97 Å². The lowest BCUT2D eigenvalue weighted by atomic mass is 10.2. The van der Waals surface area contributed by atoms with Crippen molar-refractivity contribution in [1.82, 2.24) is 15.3 Å². The first-order valence-electron chi connectivity index (χ1n) is 5.87. The molecule has 0 bridgehead atoms. The lowest BCUT2D eigenvalue weighted by Gasteiger charge is -2.10. The van der Waals surface area contributed by atoms with Crippen LogP contribution in [-0.2, 0) is 13.0 Å². The van der Waals surface area contributed by atoms with Crippen LogP contribution in [0.2, 0.25) is 0 Å². The molecule has 18 heavy (non-hydrogen) atoms. The number of aromatic nitrogens is 2. The van der Waals surface area contributed by atoms with Crippen LogP contribution in [0, 0.1) is 12.8 Å². The second-order valence-electron chi connectivity index (χ2n) is 4.71. The van der Waals surface area contributed by atoms with E-state index in [0.717, 1.165) is 12.1 Å². The molecule has 0 radical (unpaired) electrons. The van der Waals surface area contributed by atoms with Crippen LogP contribution < -0.4 is 5.32 Å². The van der Waals surface area contributed by atoms with E-state index in [2.05, 4.69) is 29.1 Å². The molecule has 0 aliphatic rings. The summed E-state index contributed by atoms with van der Waals surface area (Å²) in [5.74, 6) is 0.350. The van der Waals surface area contributed by atoms with E-state index in [1.807, 2.05) is 0 Å². The van der Waals surface area contributed by atoms with Gasteiger partial charge in [-0.1, -0.05) is 13.8 Å². The highest BCUT2D eigenvalue weighted by atomic mass is 19.4. The molecular weight excluding hydrogens is 243 g/mol. The largest absolute Gasteiger partial charge is 0.396 e. The Labute approximate surface area is 105 Å². The quantitative estimate of drug-likeness (QED) is 0.885. The number of hydrogen-bond acceptors (Lipinski definition) is 3. The number of rotatable bonds is 5. The Morgan fingerprint density at radius 1 is 1.33 bits per heavy atom. The Balaban J connectivity index is 2.62. The molecule has 0 aliphatic heterocycles. The first-order chi connectivity index (χ1) is 8.28. The van der Waals surface area contributed by atoms with Gasteiger partial charge in [0.1, 0.15) is 12.2 Å². The summed E-state index contributed by atoms with van der Waals surface area (Å²) in [6, 6.07) is 0. The van der Waals surface area contributed by atoms with E-state index in [1.54, 1.807) is 6.92 Å². The Hall–Kier alpha value is -1.17. The maximum atomic E-state index is 12.2. The molecule has 0 atom stereocenters. The summed E-state index contributed by atoms with van der Waals surface area (Å²) in [6.07, 6.45) is -3.87. The molecule has 1 heterocycles. The number of alkyl halides is 3. The summed E-state index contributed by atoms with van der Waals surface area (Å²) in [6.45, 7) is 7.31. The van der Waals surface area contributed by atoms with E-state index in [-0.39, 0.29) is 5.82 Å². The van der Waals surface area contributed by atoms with E-state index >= 15 is 0 Å². The predicted molar refractivity (Wildman–Crippen MR) is 63.1 cm³/mol. The minimum atomic E-state index is -4.26. The van der Waals surface area contributed by atoms with Gasteiger partial charge in [0.25, 0.3) is 0 Å². The van der Waals surface area contributed by atoms with E-state index in [4.69, 9.17) is 0 Å². The van der Waals surface area contributed by atoms with Gasteiger partial charge in [-0.2, -0.15) is 13.2 Å². The molecule has 1 N–H and O–H groups in total. The number of nitrogens with zero attached hydrogens (tertiary/aromatic N) is 2. The third kappa shape index (κ3) is 5.44. The second-order valence-corrected chi connectivity index (χ2v) is 4.71. The average Bonchev–Trinajstić information content (AvgIpc) is 2.18. The van der Waals surface area contributed by atoms with Crippen LogP contribution in [0.3, 0.4) is 0 Å². The fourth-order valence-corrected chi connectivity index (χ4v) is 1.47. The molecule has 6 heteroatoms. The third-order valence-electron chi connectivity index (χ3n) is 2.36. The molecule has 0 saturated heterocycles. The van der Waals surface area contributed by atoms with Crippen LogP contribution in [-0.4, -0.2) is 22.7 Å². The van der Waals surface area contributed by atoms with Crippen LogP contribution in [0.25, 0.3) is 0 Å². The molecule has 0 fully saturated rings. The van der Waals surface area contributed by atoms with Crippen molar-refractivity contribution in [3.8, 4) is 0 Å². The molecule has 1 rings (SSSR count). The summed E-state index contributed by atoms with van der Waals surface area (Å²) in [4.78, 5) is 7.64. The van der Waals surface area contributed by atoms with Crippen LogP contribution in [0.15, 0.2) is 6.20 Å². The van der Waals surface area contributed by atoms with E-state index in [1.165, 1.54) is 6.20 Å². The van der Waals surface area contributed by atoms with Gasteiger partial charge in [0.2, 0.25) is 0 Å². The Bertz CT molecular complexity index is 389. The monoisotopic (exact) mass is 261 g/mol. The first kappa shape index (κ1) is 14.9. The second kappa shape index (κ2) is 6.13. The molecular formula is C12H18F3N3. The fraction of sp³-hybridized carbons (Fsp3) is 0.667. The minimum absolute atomic E-state index is 0.174. The molecule has 0 unspecified atom stereocenters. The lowest BCUT2D eigenvalue weighted by molar-refractivity contribution is -0.128. The summed E-state index contributed by atoms with van der Waals surface area (Å²) in [7, 11) is 0. The van der Waals surface area contributed by atoms with E-state index < -0.39 is 12.6 Å². The lowest BCUT2D eigenvalue weighted by Crippen LogP contribution is -2.21. The van der Waals surface area contributed by atoms with Gasteiger partial charge >= 0.3 is 6.18 Å². The molecule has 102 valence electrons. The minimum Gasteiger partial charge on any atom is -0.312 e. The number of aryl methyl sites for hydroxylation is 1. The summed E-state index contributed by atoms with van der Waals surface area (Å²) < 4.78 is 36.5. The van der Waals surface area contributed by atoms with Crippen molar-refractivity contribution >= 4 is 0 Å². The van der Waals surface area contributed by atoms with Gasteiger partial charge in [-0.05, 0) is 19.4 Å². The SMILES string of the molecule is Cc1nc(CC(F)(F)F)ncc1CNCC(C)C. The molecule has 1 aromatic heterocycles. The predicted octanol–water partition coefficient (Wildman–Crippen LogP) is 2.64. The zero-order valence-electron chi connectivity index (χ0n) is 10.8. The number of nitrogens with one attached hydrogen (secondary N) is 1. The van der Waals surface area contributed by atoms with Gasteiger partial charge in [0, 0.05) is 24.0 Å². The van der Waals surface area contributed by atoms with E-state index in [0.29, 0.717) is 18.2 Å². The highest BCUT2D eigenvalue weighted by Gasteiger charge is 2.29. The van der Waals surface area contributed by atoms with Crippen molar-refractivity contribution in [2.24, 2.45) is 5.92 Å². The van der Waals surface area contributed by atoms with Crippen molar-refractivity contribution in [3.63, 3.8) is 0 Å². The molecule has 0 aliphatic carbocycles. The molecule has 0 amide bonds. The molecule has 0 saturated carbocycles. The summed E-state index contributed by atoms with van der Waals surface area (Å²) >= 11 is 0. The molecule has 0 spiro atoms. The topological polar surface area (TPSA) is 37.8 Å². The van der Waals surface area contributed by atoms with Crippen molar-refractivity contribution < 1.29 is 13.2 Å². The smallest absolute Gasteiger partial charge is 0.312 e. The normalized spacial score (nSPS) is 12.2. The highest BCUT2D eigenvalue weighted by Crippen LogP contribution is 2.19. The maximum absolute atomic E-state index is 12.2. The maximum Gasteiger partial charge on any atom is 0.396 e. The van der Waals surface area contributed by atoms with Crippen LogP contribution >= 0.6 is 0 Å². The van der Waals surface area contributed by atoms with Crippen LogP contribution in [0.4, 0.5) is 13.2 Å². The zero-order chi connectivity index (χ0) is 13.8. The Morgan fingerprint density at radius 3 is 2.50 bits per heavy atom. The summed E-state index contributed by atoms with van der Waals surface area (Å²) in [5, 5.41) is 3.21. The zero-order valence-corrected chi connectivity index (χ0v) is 10.8. The van der Waals surface area contributed by atoms with Gasteiger partial charge in [0.15, 0.2) is 0 Å². The van der Waals surface area contributed by atoms with Gasteiger partial charge < -0.3 is 5.32 Å². The third-order valence-corrected chi connectivity index (χ3v) is 2.36. The van der Waals surface area contributed by atoms with Crippen molar-refractivity contribution in [2.75, 3.05) is 6.54 Å². The standard InChI is InChI=1S/C12H18F3N3/c1-8(2)5-16-6-10-7-17-11(18-9(10)3)4-12(13,14)15/h7-8,16H,4-6H2,1-3H3. The van der Waals surface area contributed by atoms with Crippen molar-refractivity contribution in [2.45, 2.75) is 39.9 Å². The summed E-state index contributed by atoms with van der Waals surface area (Å²) in [5.41, 5.74) is 1.43. The van der Waals surface area contributed by atoms with Crippen LogP contribution in [0.5, 0.6) is 0 Å². The fourth-order valence-electron chi connectivity index (χ4n) is 1.47. The highest BCUT2D eigenvalue weighted by molar-refractivity contribution is 5.16. The Kier molecular flexibility index (Phi) is 5.07. The van der Waals surface area contributed by atoms with Crippen molar-refractivity contribution in [3.05, 3.63) is 23.3 Å². The van der Waals surface area contributed by atoms with E-state index in [9.17, 15) is 13.2 Å². The number of hydrogen-bond donors (Lipinski definition) is 1. The van der Waals surface area contributed by atoms with Gasteiger partial charge in [0.05, 0.1) is 0 Å². The molecule has 1 aromatic rings.